The van der Waals surface area contributed by atoms with E-state index in [2.05, 4.69) is 15.3 Å². The van der Waals surface area contributed by atoms with Crippen molar-refractivity contribution in [3.63, 3.8) is 0 Å². The second-order valence-corrected chi connectivity index (χ2v) is 3.15. The standard InChI is InChI=1S/C8H12N4O4/c9-5(7(15)16)1-4-2-10-8(12-4)11-3-6(13)14/h2,5H,1,3,9H2,(H,13,14)(H,15,16)(H2,10,11,12)/t5-/m0/s1. The highest BCUT2D eigenvalue weighted by molar-refractivity contribution is 5.73. The zero-order valence-electron chi connectivity index (χ0n) is 8.30. The van der Waals surface area contributed by atoms with Gasteiger partial charge >= 0.3 is 11.9 Å². The number of rotatable bonds is 6. The van der Waals surface area contributed by atoms with Crippen LogP contribution in [0.15, 0.2) is 6.20 Å². The number of carbonyl (C=O) groups is 2. The van der Waals surface area contributed by atoms with E-state index in [9.17, 15) is 9.59 Å². The summed E-state index contributed by atoms with van der Waals surface area (Å²) < 4.78 is 0. The minimum absolute atomic E-state index is 0.108. The van der Waals surface area contributed by atoms with Gasteiger partial charge in [0.25, 0.3) is 0 Å². The number of aromatic nitrogens is 2. The number of imidazole rings is 1. The normalized spacial score (nSPS) is 12.1. The van der Waals surface area contributed by atoms with E-state index < -0.39 is 18.0 Å². The molecule has 0 amide bonds. The van der Waals surface area contributed by atoms with Gasteiger partial charge in [0, 0.05) is 12.1 Å². The Morgan fingerprint density at radius 3 is 2.81 bits per heavy atom. The molecule has 0 saturated heterocycles. The van der Waals surface area contributed by atoms with Crippen LogP contribution >= 0.6 is 0 Å². The highest BCUT2D eigenvalue weighted by atomic mass is 16.4. The van der Waals surface area contributed by atoms with Gasteiger partial charge in [-0.2, -0.15) is 0 Å². The molecule has 0 aliphatic rings. The van der Waals surface area contributed by atoms with E-state index in [-0.39, 0.29) is 18.9 Å². The molecule has 0 aromatic carbocycles. The third kappa shape index (κ3) is 3.58. The smallest absolute Gasteiger partial charge is 0.322 e. The number of carboxylic acid groups (broad SMARTS) is 2. The predicted molar refractivity (Wildman–Crippen MR) is 54.0 cm³/mol. The largest absolute Gasteiger partial charge is 0.480 e. The molecule has 16 heavy (non-hydrogen) atoms. The maximum absolute atomic E-state index is 10.5. The molecule has 0 aliphatic carbocycles. The number of nitrogens with one attached hydrogen (secondary N) is 2. The Labute approximate surface area is 90.5 Å². The second kappa shape index (κ2) is 5.12. The van der Waals surface area contributed by atoms with Gasteiger partial charge in [0.05, 0.1) is 6.20 Å². The third-order valence-corrected chi connectivity index (χ3v) is 1.79. The Bertz CT molecular complexity index is 389. The van der Waals surface area contributed by atoms with Crippen molar-refractivity contribution in [2.75, 3.05) is 11.9 Å². The van der Waals surface area contributed by atoms with Crippen LogP contribution in [0.25, 0.3) is 0 Å². The summed E-state index contributed by atoms with van der Waals surface area (Å²) in [5.74, 6) is -1.84. The van der Waals surface area contributed by atoms with Crippen molar-refractivity contribution in [3.05, 3.63) is 11.9 Å². The van der Waals surface area contributed by atoms with E-state index in [1.54, 1.807) is 0 Å². The molecule has 6 N–H and O–H groups in total. The Morgan fingerprint density at radius 2 is 2.25 bits per heavy atom. The molecule has 1 aromatic heterocycles. The Balaban J connectivity index is 2.51. The van der Waals surface area contributed by atoms with E-state index in [0.29, 0.717) is 5.69 Å². The minimum atomic E-state index is -1.10. The maximum atomic E-state index is 10.5. The Hall–Kier alpha value is -2.09. The molecule has 0 radical (unpaired) electrons. The summed E-state index contributed by atoms with van der Waals surface area (Å²) in [6.45, 7) is -0.266. The third-order valence-electron chi connectivity index (χ3n) is 1.79. The maximum Gasteiger partial charge on any atom is 0.322 e. The molecule has 1 heterocycles. The van der Waals surface area contributed by atoms with Crippen LogP contribution < -0.4 is 11.1 Å². The number of nitrogens with zero attached hydrogens (tertiary/aromatic N) is 1. The first-order chi connectivity index (χ1) is 7.49. The summed E-state index contributed by atoms with van der Waals surface area (Å²) in [7, 11) is 0. The van der Waals surface area contributed by atoms with Crippen molar-refractivity contribution in [2.24, 2.45) is 5.73 Å². The van der Waals surface area contributed by atoms with Crippen LogP contribution in [0.2, 0.25) is 0 Å². The summed E-state index contributed by atoms with van der Waals surface area (Å²) in [6, 6.07) is -1.01. The van der Waals surface area contributed by atoms with Gasteiger partial charge < -0.3 is 26.2 Å². The van der Waals surface area contributed by atoms with Crippen LogP contribution in [0.3, 0.4) is 0 Å². The van der Waals surface area contributed by atoms with Crippen LogP contribution in [-0.4, -0.2) is 44.7 Å². The van der Waals surface area contributed by atoms with Gasteiger partial charge in [-0.3, -0.25) is 9.59 Å². The molecule has 0 saturated carbocycles. The van der Waals surface area contributed by atoms with Gasteiger partial charge in [-0.05, 0) is 0 Å². The van der Waals surface area contributed by atoms with Gasteiger partial charge in [-0.15, -0.1) is 0 Å². The molecule has 0 aliphatic heterocycles. The highest BCUT2D eigenvalue weighted by Gasteiger charge is 2.13. The zero-order chi connectivity index (χ0) is 12.1. The van der Waals surface area contributed by atoms with Crippen LogP contribution in [-0.2, 0) is 16.0 Å². The molecule has 0 bridgehead atoms. The lowest BCUT2D eigenvalue weighted by molar-refractivity contribution is -0.138. The first-order valence-electron chi connectivity index (χ1n) is 4.47. The second-order valence-electron chi connectivity index (χ2n) is 3.15. The van der Waals surface area contributed by atoms with Crippen molar-refractivity contribution >= 4 is 17.9 Å². The number of hydrogen-bond donors (Lipinski definition) is 5. The Morgan fingerprint density at radius 1 is 1.56 bits per heavy atom. The number of carboxylic acids is 2. The number of aliphatic carboxylic acids is 2. The molecule has 1 aromatic rings. The number of H-pyrrole nitrogens is 1. The fourth-order valence-corrected chi connectivity index (χ4v) is 1.04. The van der Waals surface area contributed by atoms with Gasteiger partial charge in [-0.1, -0.05) is 0 Å². The fourth-order valence-electron chi connectivity index (χ4n) is 1.04. The summed E-state index contributed by atoms with van der Waals surface area (Å²) in [5, 5.41) is 19.5. The molecule has 0 spiro atoms. The molecule has 88 valence electrons. The number of hydrogen-bond acceptors (Lipinski definition) is 5. The van der Waals surface area contributed by atoms with Crippen molar-refractivity contribution in [1.29, 1.82) is 0 Å². The molecule has 1 rings (SSSR count). The lowest BCUT2D eigenvalue weighted by Crippen LogP contribution is -2.32. The van der Waals surface area contributed by atoms with E-state index in [0.717, 1.165) is 0 Å². The highest BCUT2D eigenvalue weighted by Crippen LogP contribution is 2.04. The quantitative estimate of drug-likeness (QED) is 0.414. The summed E-state index contributed by atoms with van der Waals surface area (Å²) >= 11 is 0. The first-order valence-corrected chi connectivity index (χ1v) is 4.47. The Kier molecular flexibility index (Phi) is 3.84. The van der Waals surface area contributed by atoms with Crippen LogP contribution in [0.4, 0.5) is 5.95 Å². The van der Waals surface area contributed by atoms with E-state index in [1.165, 1.54) is 6.20 Å². The molecule has 8 heteroatoms. The molecule has 8 nitrogen and oxygen atoms in total. The lowest BCUT2D eigenvalue weighted by Gasteiger charge is -2.03. The molecule has 0 unspecified atom stereocenters. The fraction of sp³-hybridized carbons (Fsp3) is 0.375. The van der Waals surface area contributed by atoms with Crippen molar-refractivity contribution in [2.45, 2.75) is 12.5 Å². The van der Waals surface area contributed by atoms with Gasteiger partial charge in [-0.25, -0.2) is 4.98 Å². The number of anilines is 1. The van der Waals surface area contributed by atoms with Gasteiger partial charge in [0.1, 0.15) is 12.6 Å². The van der Waals surface area contributed by atoms with E-state index in [4.69, 9.17) is 15.9 Å². The summed E-state index contributed by atoms with van der Waals surface area (Å²) in [5.41, 5.74) is 5.85. The van der Waals surface area contributed by atoms with E-state index in [1.807, 2.05) is 0 Å². The van der Waals surface area contributed by atoms with Crippen molar-refractivity contribution in [3.8, 4) is 0 Å². The van der Waals surface area contributed by atoms with Crippen LogP contribution in [0.1, 0.15) is 5.69 Å². The van der Waals surface area contributed by atoms with Gasteiger partial charge in [0.2, 0.25) is 5.95 Å². The average molecular weight is 228 g/mol. The van der Waals surface area contributed by atoms with Crippen LogP contribution in [0, 0.1) is 0 Å². The van der Waals surface area contributed by atoms with Crippen LogP contribution in [0.5, 0.6) is 0 Å². The molecule has 1 atom stereocenters. The minimum Gasteiger partial charge on any atom is -0.480 e. The van der Waals surface area contributed by atoms with Crippen molar-refractivity contribution < 1.29 is 19.8 Å². The number of nitrogens with two attached hydrogens (primary N) is 1. The molecular formula is C8H12N4O4. The zero-order valence-corrected chi connectivity index (χ0v) is 8.30. The van der Waals surface area contributed by atoms with E-state index >= 15 is 0 Å². The first kappa shape index (κ1) is 12.0. The average Bonchev–Trinajstić information content (AvgIpc) is 2.62. The SMILES string of the molecule is N[C@@H](Cc1cnc(NCC(=O)O)[nH]1)C(=O)O. The van der Waals surface area contributed by atoms with Gasteiger partial charge in [0.15, 0.2) is 0 Å². The molecule has 0 fully saturated rings. The monoisotopic (exact) mass is 228 g/mol. The topological polar surface area (TPSA) is 141 Å². The van der Waals surface area contributed by atoms with Crippen molar-refractivity contribution in [1.82, 2.24) is 9.97 Å². The summed E-state index contributed by atoms with van der Waals surface area (Å²) in [6.07, 6.45) is 1.52. The summed E-state index contributed by atoms with van der Waals surface area (Å²) in [4.78, 5) is 27.3. The number of aromatic amines is 1. The lowest BCUT2D eigenvalue weighted by atomic mass is 10.2. The predicted octanol–water partition coefficient (Wildman–Crippen LogP) is -1.14. The molecular weight excluding hydrogens is 216 g/mol.